The Morgan fingerprint density at radius 3 is 2.66 bits per heavy atom. The minimum atomic E-state index is -1.03. The van der Waals surface area contributed by atoms with Crippen LogP contribution in [0, 0.1) is 0 Å². The fraction of sp³-hybridized carbons (Fsp3) is 0.192. The molecule has 1 N–H and O–H groups in total. The zero-order chi connectivity index (χ0) is 24.7. The molecule has 5 rings (SSSR count). The van der Waals surface area contributed by atoms with Crippen LogP contribution in [0.25, 0.3) is 22.6 Å². The molecule has 1 aliphatic heterocycles. The number of ether oxygens (including phenoxy) is 1. The number of pyridine rings is 1. The molecule has 0 aliphatic carbocycles. The fourth-order valence-corrected chi connectivity index (χ4v) is 4.22. The van der Waals surface area contributed by atoms with Gasteiger partial charge in [0.05, 0.1) is 19.2 Å². The van der Waals surface area contributed by atoms with Gasteiger partial charge in [-0.1, -0.05) is 18.2 Å². The minimum absolute atomic E-state index is 0.133. The highest BCUT2D eigenvalue weighted by atomic mass is 16.5. The lowest BCUT2D eigenvalue weighted by Crippen LogP contribution is -2.24. The number of hydrogen-bond donors (Lipinski definition) is 1. The molecule has 2 aromatic heterocycles. The summed E-state index contributed by atoms with van der Waals surface area (Å²) < 4.78 is 7.35. The summed E-state index contributed by atoms with van der Waals surface area (Å²) in [6.07, 6.45) is 1.67. The number of fused-ring (bicyclic) bond motifs is 1. The summed E-state index contributed by atoms with van der Waals surface area (Å²) >= 11 is 0. The van der Waals surface area contributed by atoms with Gasteiger partial charge in [-0.05, 0) is 61.4 Å². The SMILES string of the molecule is COc1cc(C(=O)O)ccc1-c1ccc2c(c1)C(=O)N(c1cccc(-c3nncn3C(C)C)n1)C2. The van der Waals surface area contributed by atoms with E-state index in [1.54, 1.807) is 23.4 Å². The average Bonchev–Trinajstić information content (AvgIpc) is 3.49. The van der Waals surface area contributed by atoms with Gasteiger partial charge in [-0.25, -0.2) is 9.78 Å². The summed E-state index contributed by atoms with van der Waals surface area (Å²) in [6.45, 7) is 4.48. The molecule has 0 atom stereocenters. The molecule has 0 spiro atoms. The maximum absolute atomic E-state index is 13.4. The minimum Gasteiger partial charge on any atom is -0.496 e. The van der Waals surface area contributed by atoms with Crippen LogP contribution in [0.4, 0.5) is 5.82 Å². The van der Waals surface area contributed by atoms with Crippen LogP contribution in [0.2, 0.25) is 0 Å². The maximum atomic E-state index is 13.4. The predicted octanol–water partition coefficient (Wildman–Crippen LogP) is 4.46. The quantitative estimate of drug-likeness (QED) is 0.444. The van der Waals surface area contributed by atoms with Crippen molar-refractivity contribution in [2.24, 2.45) is 0 Å². The first-order valence-corrected chi connectivity index (χ1v) is 11.1. The zero-order valence-electron chi connectivity index (χ0n) is 19.5. The standard InChI is InChI=1S/C26H23N5O4/c1-15(2)31-14-27-29-24(31)21-5-4-6-23(28-21)30-13-18-8-7-16(11-20(18)25(30)32)19-10-9-17(26(33)34)12-22(19)35-3/h4-12,14-15H,13H2,1-3H3,(H,33,34). The second kappa shape index (κ2) is 8.68. The van der Waals surface area contributed by atoms with E-state index < -0.39 is 5.97 Å². The van der Waals surface area contributed by atoms with Crippen LogP contribution in [-0.4, -0.2) is 43.8 Å². The molecule has 0 saturated heterocycles. The van der Waals surface area contributed by atoms with Gasteiger partial charge in [0.15, 0.2) is 5.82 Å². The van der Waals surface area contributed by atoms with E-state index in [1.165, 1.54) is 19.2 Å². The van der Waals surface area contributed by atoms with E-state index in [2.05, 4.69) is 10.2 Å². The first kappa shape index (κ1) is 22.3. The van der Waals surface area contributed by atoms with Crippen molar-refractivity contribution >= 4 is 17.7 Å². The Morgan fingerprint density at radius 2 is 1.91 bits per heavy atom. The van der Waals surface area contributed by atoms with Crippen molar-refractivity contribution in [2.75, 3.05) is 12.0 Å². The summed E-state index contributed by atoms with van der Waals surface area (Å²) in [5.74, 6) is 0.418. The lowest BCUT2D eigenvalue weighted by molar-refractivity contribution is 0.0696. The number of rotatable bonds is 6. The highest BCUT2D eigenvalue weighted by molar-refractivity contribution is 6.10. The fourth-order valence-electron chi connectivity index (χ4n) is 4.22. The van der Waals surface area contributed by atoms with Gasteiger partial charge in [-0.2, -0.15) is 0 Å². The van der Waals surface area contributed by atoms with E-state index in [0.717, 1.165) is 11.1 Å². The van der Waals surface area contributed by atoms with Gasteiger partial charge in [0, 0.05) is 17.2 Å². The third-order valence-corrected chi connectivity index (χ3v) is 6.04. The number of aromatic nitrogens is 4. The molecule has 1 amide bonds. The number of carboxylic acid groups (broad SMARTS) is 1. The van der Waals surface area contributed by atoms with Gasteiger partial charge in [-0.15, -0.1) is 10.2 Å². The van der Waals surface area contributed by atoms with E-state index in [1.807, 2.05) is 48.7 Å². The molecular formula is C26H23N5O4. The zero-order valence-corrected chi connectivity index (χ0v) is 19.5. The predicted molar refractivity (Wildman–Crippen MR) is 130 cm³/mol. The van der Waals surface area contributed by atoms with Crippen molar-refractivity contribution in [2.45, 2.75) is 26.4 Å². The number of carbonyl (C=O) groups is 2. The van der Waals surface area contributed by atoms with Gasteiger partial charge < -0.3 is 14.4 Å². The number of hydrogen-bond acceptors (Lipinski definition) is 6. The van der Waals surface area contributed by atoms with Crippen LogP contribution >= 0.6 is 0 Å². The highest BCUT2D eigenvalue weighted by Gasteiger charge is 2.30. The Morgan fingerprint density at radius 1 is 1.09 bits per heavy atom. The van der Waals surface area contributed by atoms with Crippen LogP contribution in [0.5, 0.6) is 5.75 Å². The van der Waals surface area contributed by atoms with Crippen LogP contribution in [0.15, 0.2) is 60.9 Å². The molecule has 35 heavy (non-hydrogen) atoms. The average molecular weight is 470 g/mol. The summed E-state index contributed by atoms with van der Waals surface area (Å²) in [4.78, 5) is 31.1. The molecule has 1 aliphatic rings. The van der Waals surface area contributed by atoms with Crippen molar-refractivity contribution in [1.82, 2.24) is 19.7 Å². The molecule has 0 fully saturated rings. The van der Waals surface area contributed by atoms with Crippen LogP contribution in [0.3, 0.4) is 0 Å². The molecule has 0 unspecified atom stereocenters. The van der Waals surface area contributed by atoms with Gasteiger partial charge in [0.25, 0.3) is 5.91 Å². The smallest absolute Gasteiger partial charge is 0.335 e. The molecular weight excluding hydrogens is 446 g/mol. The molecule has 0 radical (unpaired) electrons. The number of amides is 1. The second-order valence-electron chi connectivity index (χ2n) is 8.52. The first-order valence-electron chi connectivity index (χ1n) is 11.1. The number of benzene rings is 2. The van der Waals surface area contributed by atoms with Gasteiger partial charge in [0.2, 0.25) is 0 Å². The lowest BCUT2D eigenvalue weighted by atomic mass is 9.98. The Balaban J connectivity index is 1.48. The van der Waals surface area contributed by atoms with Crippen molar-refractivity contribution in [3.8, 4) is 28.4 Å². The monoisotopic (exact) mass is 469 g/mol. The number of anilines is 1. The Kier molecular flexibility index (Phi) is 5.52. The highest BCUT2D eigenvalue weighted by Crippen LogP contribution is 2.35. The normalized spacial score (nSPS) is 12.8. The van der Waals surface area contributed by atoms with Gasteiger partial charge in [0.1, 0.15) is 23.6 Å². The second-order valence-corrected chi connectivity index (χ2v) is 8.52. The van der Waals surface area contributed by atoms with E-state index in [-0.39, 0.29) is 17.5 Å². The molecule has 3 heterocycles. The van der Waals surface area contributed by atoms with E-state index in [9.17, 15) is 14.7 Å². The Hall–Kier alpha value is -4.53. The summed E-state index contributed by atoms with van der Waals surface area (Å²) in [5.41, 5.74) is 3.70. The number of carboxylic acids is 1. The Labute approximate surface area is 201 Å². The number of nitrogens with zero attached hydrogens (tertiary/aromatic N) is 5. The van der Waals surface area contributed by atoms with E-state index in [0.29, 0.717) is 40.8 Å². The van der Waals surface area contributed by atoms with Crippen molar-refractivity contribution in [3.63, 3.8) is 0 Å². The molecule has 0 bridgehead atoms. The summed E-state index contributed by atoms with van der Waals surface area (Å²) in [6, 6.07) is 16.0. The molecule has 0 saturated carbocycles. The third kappa shape index (κ3) is 3.90. The third-order valence-electron chi connectivity index (χ3n) is 6.04. The van der Waals surface area contributed by atoms with Crippen molar-refractivity contribution < 1.29 is 19.4 Å². The molecule has 4 aromatic rings. The van der Waals surface area contributed by atoms with E-state index >= 15 is 0 Å². The number of carbonyl (C=O) groups excluding carboxylic acids is 1. The summed E-state index contributed by atoms with van der Waals surface area (Å²) in [5, 5.41) is 17.5. The first-order chi connectivity index (χ1) is 16.9. The molecule has 176 valence electrons. The van der Waals surface area contributed by atoms with Gasteiger partial charge >= 0.3 is 5.97 Å². The van der Waals surface area contributed by atoms with Gasteiger partial charge in [-0.3, -0.25) is 9.69 Å². The van der Waals surface area contributed by atoms with Crippen molar-refractivity contribution in [1.29, 1.82) is 0 Å². The number of aromatic carboxylic acids is 1. The lowest BCUT2D eigenvalue weighted by Gasteiger charge is -2.16. The number of methoxy groups -OCH3 is 1. The molecule has 9 nitrogen and oxygen atoms in total. The van der Waals surface area contributed by atoms with E-state index in [4.69, 9.17) is 9.72 Å². The summed E-state index contributed by atoms with van der Waals surface area (Å²) in [7, 11) is 1.49. The largest absolute Gasteiger partial charge is 0.496 e. The topological polar surface area (TPSA) is 110 Å². The Bertz CT molecular complexity index is 1460. The molecule has 2 aromatic carbocycles. The van der Waals surface area contributed by atoms with Crippen LogP contribution < -0.4 is 9.64 Å². The van der Waals surface area contributed by atoms with Crippen LogP contribution in [-0.2, 0) is 6.54 Å². The van der Waals surface area contributed by atoms with Crippen LogP contribution in [0.1, 0.15) is 46.2 Å². The maximum Gasteiger partial charge on any atom is 0.335 e. The molecule has 9 heteroatoms. The van der Waals surface area contributed by atoms with Crippen molar-refractivity contribution in [3.05, 3.63) is 77.6 Å².